The SMILES string of the molecule is CC(C)(C)C1=CC(C(C)(C)C)=CC(C2(C=C(C=C3c4ccc5ccccc5c4-c4c3ccc3ccccc43)C=C3c4ccc5ccccc5c4-c4c3ccc3ccccc43)c3ccc4ccccc4c3-c3c2ccc2ccccc32)C=C1. The molecule has 0 fully saturated rings. The lowest BCUT2D eigenvalue weighted by Gasteiger charge is -2.36. The van der Waals surface area contributed by atoms with E-state index in [-0.39, 0.29) is 16.7 Å². The highest BCUT2D eigenvalue weighted by Gasteiger charge is 2.48. The maximum atomic E-state index is 2.74. The van der Waals surface area contributed by atoms with Gasteiger partial charge in [0.1, 0.15) is 0 Å². The van der Waals surface area contributed by atoms with Crippen molar-refractivity contribution in [3.63, 3.8) is 0 Å². The minimum Gasteiger partial charge on any atom is -0.0758 e. The molecule has 4 aliphatic rings. The van der Waals surface area contributed by atoms with E-state index in [1.165, 1.54) is 154 Å². The number of allylic oxidation sites excluding steroid dienone is 10. The molecule has 390 valence electrons. The molecular formula is C82H62. The van der Waals surface area contributed by atoms with Gasteiger partial charge in [0.2, 0.25) is 0 Å². The maximum absolute atomic E-state index is 2.74. The summed E-state index contributed by atoms with van der Waals surface area (Å²) < 4.78 is 0. The Labute approximate surface area is 481 Å². The van der Waals surface area contributed by atoms with Gasteiger partial charge in [0.05, 0.1) is 5.41 Å². The molecule has 12 aromatic carbocycles. The Kier molecular flexibility index (Phi) is 10.5. The Morgan fingerprint density at radius 2 is 0.646 bits per heavy atom. The van der Waals surface area contributed by atoms with Gasteiger partial charge >= 0.3 is 0 Å². The second kappa shape index (κ2) is 17.8. The van der Waals surface area contributed by atoms with E-state index in [1.807, 2.05) is 0 Å². The van der Waals surface area contributed by atoms with Gasteiger partial charge in [-0.3, -0.25) is 0 Å². The summed E-state index contributed by atoms with van der Waals surface area (Å²) in [7, 11) is 0. The molecule has 12 aromatic rings. The molecule has 4 aliphatic carbocycles. The zero-order valence-electron chi connectivity index (χ0n) is 47.4. The topological polar surface area (TPSA) is 0 Å². The van der Waals surface area contributed by atoms with Crippen LogP contribution in [0.2, 0.25) is 0 Å². The molecule has 0 N–H and O–H groups in total. The quantitative estimate of drug-likeness (QED) is 0.165. The lowest BCUT2D eigenvalue weighted by Crippen LogP contribution is -2.32. The molecule has 1 atom stereocenters. The van der Waals surface area contributed by atoms with Gasteiger partial charge in [0, 0.05) is 5.92 Å². The van der Waals surface area contributed by atoms with Crippen molar-refractivity contribution in [3.8, 4) is 33.4 Å². The average molecular weight is 1050 g/mol. The van der Waals surface area contributed by atoms with E-state index in [2.05, 4.69) is 302 Å². The van der Waals surface area contributed by atoms with E-state index in [0.717, 1.165) is 5.57 Å². The average Bonchev–Trinajstić information content (AvgIpc) is 4.17. The third-order valence-corrected chi connectivity index (χ3v) is 18.8. The molecule has 0 spiro atoms. The summed E-state index contributed by atoms with van der Waals surface area (Å²) in [5.74, 6) is -0.0981. The monoisotopic (exact) mass is 1050 g/mol. The van der Waals surface area contributed by atoms with Crippen LogP contribution in [-0.2, 0) is 5.41 Å². The summed E-state index contributed by atoms with van der Waals surface area (Å²) in [5, 5.41) is 15.2. The molecule has 1 unspecified atom stereocenters. The first-order valence-corrected chi connectivity index (χ1v) is 29.4. The van der Waals surface area contributed by atoms with Crippen LogP contribution >= 0.6 is 0 Å². The molecular weight excluding hydrogens is 985 g/mol. The number of hydrogen-bond donors (Lipinski definition) is 0. The van der Waals surface area contributed by atoms with Crippen LogP contribution in [0.5, 0.6) is 0 Å². The number of hydrogen-bond acceptors (Lipinski definition) is 0. The van der Waals surface area contributed by atoms with Crippen molar-refractivity contribution in [1.82, 2.24) is 0 Å². The number of benzene rings is 12. The Morgan fingerprint density at radius 3 is 0.976 bits per heavy atom. The predicted octanol–water partition coefficient (Wildman–Crippen LogP) is 22.2. The Morgan fingerprint density at radius 1 is 0.341 bits per heavy atom. The summed E-state index contributed by atoms with van der Waals surface area (Å²) in [6, 6.07) is 82.9. The molecule has 82 heavy (non-hydrogen) atoms. The maximum Gasteiger partial charge on any atom is 0.0500 e. The van der Waals surface area contributed by atoms with Crippen molar-refractivity contribution in [3.05, 3.63) is 311 Å². The molecule has 0 saturated carbocycles. The normalized spacial score (nSPS) is 15.7. The van der Waals surface area contributed by atoms with Gasteiger partial charge in [-0.1, -0.05) is 290 Å². The van der Waals surface area contributed by atoms with Gasteiger partial charge in [-0.05, 0) is 182 Å². The largest absolute Gasteiger partial charge is 0.0758 e. The summed E-state index contributed by atoms with van der Waals surface area (Å²) >= 11 is 0. The molecule has 16 rings (SSSR count). The van der Waals surface area contributed by atoms with Crippen molar-refractivity contribution in [2.75, 3.05) is 0 Å². The van der Waals surface area contributed by atoms with E-state index in [1.54, 1.807) is 0 Å². The highest BCUT2D eigenvalue weighted by atomic mass is 14.5. The molecule has 0 amide bonds. The lowest BCUT2D eigenvalue weighted by atomic mass is 9.65. The minimum absolute atomic E-state index is 0.0776. The van der Waals surface area contributed by atoms with Gasteiger partial charge in [-0.25, -0.2) is 0 Å². The zero-order valence-corrected chi connectivity index (χ0v) is 47.4. The van der Waals surface area contributed by atoms with Gasteiger partial charge in [0.25, 0.3) is 0 Å². The molecule has 0 bridgehead atoms. The molecule has 0 heterocycles. The van der Waals surface area contributed by atoms with Crippen molar-refractivity contribution in [2.45, 2.75) is 47.0 Å². The summed E-state index contributed by atoms with van der Waals surface area (Å²) in [4.78, 5) is 0. The van der Waals surface area contributed by atoms with E-state index >= 15 is 0 Å². The fourth-order valence-electron chi connectivity index (χ4n) is 14.8. The Hall–Kier alpha value is -9.36. The van der Waals surface area contributed by atoms with Crippen LogP contribution in [0.15, 0.2) is 278 Å². The first-order valence-electron chi connectivity index (χ1n) is 29.4. The van der Waals surface area contributed by atoms with Crippen LogP contribution < -0.4 is 0 Å². The molecule has 0 radical (unpaired) electrons. The fourth-order valence-corrected chi connectivity index (χ4v) is 14.8. The van der Waals surface area contributed by atoms with Crippen LogP contribution in [0.4, 0.5) is 0 Å². The minimum atomic E-state index is -0.704. The third kappa shape index (κ3) is 7.17. The number of rotatable bonds is 4. The number of fused-ring (bicyclic) bond motifs is 21. The Balaban J connectivity index is 1.10. The van der Waals surface area contributed by atoms with Crippen LogP contribution in [0.25, 0.3) is 109 Å². The second-order valence-electron chi connectivity index (χ2n) is 25.5. The van der Waals surface area contributed by atoms with Gasteiger partial charge in [-0.2, -0.15) is 0 Å². The smallest absolute Gasteiger partial charge is 0.0500 e. The van der Waals surface area contributed by atoms with Crippen molar-refractivity contribution >= 4 is 75.8 Å². The summed E-state index contributed by atoms with van der Waals surface area (Å²) in [5.41, 5.74) is 21.0. The highest BCUT2D eigenvalue weighted by Crippen LogP contribution is 2.61. The highest BCUT2D eigenvalue weighted by molar-refractivity contribution is 6.21. The molecule has 0 nitrogen and oxygen atoms in total. The fraction of sp³-hybridized carbons (Fsp3) is 0.122. The summed E-state index contributed by atoms with van der Waals surface area (Å²) in [6.07, 6.45) is 18.2. The van der Waals surface area contributed by atoms with Crippen LogP contribution in [-0.4, -0.2) is 0 Å². The first kappa shape index (κ1) is 48.5. The van der Waals surface area contributed by atoms with E-state index in [4.69, 9.17) is 0 Å². The van der Waals surface area contributed by atoms with E-state index in [9.17, 15) is 0 Å². The van der Waals surface area contributed by atoms with Gasteiger partial charge in [0.15, 0.2) is 0 Å². The molecule has 0 aromatic heterocycles. The van der Waals surface area contributed by atoms with Crippen LogP contribution in [0.3, 0.4) is 0 Å². The predicted molar refractivity (Wildman–Crippen MR) is 351 cm³/mol. The first-order chi connectivity index (χ1) is 39.9. The van der Waals surface area contributed by atoms with E-state index < -0.39 is 5.41 Å². The molecule has 0 heteroatoms. The molecule has 0 aliphatic heterocycles. The zero-order chi connectivity index (χ0) is 55.2. The van der Waals surface area contributed by atoms with Gasteiger partial charge < -0.3 is 0 Å². The van der Waals surface area contributed by atoms with Crippen LogP contribution in [0, 0.1) is 16.7 Å². The van der Waals surface area contributed by atoms with Crippen molar-refractivity contribution < 1.29 is 0 Å². The van der Waals surface area contributed by atoms with Gasteiger partial charge in [-0.15, -0.1) is 0 Å². The molecule has 0 saturated heterocycles. The van der Waals surface area contributed by atoms with Crippen molar-refractivity contribution in [1.29, 1.82) is 0 Å². The third-order valence-electron chi connectivity index (χ3n) is 18.8. The van der Waals surface area contributed by atoms with E-state index in [0.29, 0.717) is 0 Å². The lowest BCUT2D eigenvalue weighted by molar-refractivity contribution is 0.491. The Bertz CT molecular complexity index is 4530. The standard InChI is InChI=1S/C82H62/c1-80(2,3)57-37-38-58(48-59(47-57)81(4,5)6)82(72-43-35-55-23-11-17-29-64(55)78(72)79-65-30-18-12-24-56(65)36-44-73(79)82)49-50(45-70-66-39-31-51-19-7-13-25-60(51)74(66)75-61-26-14-8-20-52(61)32-40-67(70)75)46-71-68-41-33-53-21-9-15-27-62(53)76(68)77-63-28-16-10-22-54(63)34-42-69(71)77/h7-49,58H,1-6H3. The second-order valence-corrected chi connectivity index (χ2v) is 25.5. The summed E-state index contributed by atoms with van der Waals surface area (Å²) in [6.45, 7) is 14.3. The van der Waals surface area contributed by atoms with Crippen molar-refractivity contribution in [2.24, 2.45) is 16.7 Å². The van der Waals surface area contributed by atoms with Crippen LogP contribution in [0.1, 0.15) is 74.9 Å².